The Kier molecular flexibility index (Phi) is 6.09. The van der Waals surface area contributed by atoms with Crippen LogP contribution >= 0.6 is 0 Å². The summed E-state index contributed by atoms with van der Waals surface area (Å²) in [5.74, 6) is 0.269. The number of nitrogens with zero attached hydrogens (tertiary/aromatic N) is 3. The van der Waals surface area contributed by atoms with E-state index in [0.29, 0.717) is 17.9 Å². The molecule has 1 N–H and O–H groups in total. The van der Waals surface area contributed by atoms with Gasteiger partial charge in [-0.3, -0.25) is 14.3 Å². The first kappa shape index (κ1) is 20.1. The van der Waals surface area contributed by atoms with Gasteiger partial charge in [-0.15, -0.1) is 0 Å². The summed E-state index contributed by atoms with van der Waals surface area (Å²) in [6, 6.07) is 13.9. The van der Waals surface area contributed by atoms with Gasteiger partial charge in [-0.05, 0) is 56.3 Å². The van der Waals surface area contributed by atoms with E-state index in [1.54, 1.807) is 30.1 Å². The molecule has 156 valence electrons. The minimum atomic E-state index is -0.324. The predicted molar refractivity (Wildman–Crippen MR) is 112 cm³/mol. The number of ether oxygens (including phenoxy) is 1. The number of nitrogens with one attached hydrogen (secondary N) is 1. The zero-order valence-electron chi connectivity index (χ0n) is 16.9. The molecule has 1 aliphatic heterocycles. The highest BCUT2D eigenvalue weighted by atomic mass is 19.1. The molecule has 0 bridgehead atoms. The van der Waals surface area contributed by atoms with Gasteiger partial charge in [-0.2, -0.15) is 0 Å². The van der Waals surface area contributed by atoms with Crippen LogP contribution in [0.4, 0.5) is 4.39 Å². The summed E-state index contributed by atoms with van der Waals surface area (Å²) in [7, 11) is 1.67. The normalized spacial score (nSPS) is 15.1. The van der Waals surface area contributed by atoms with Gasteiger partial charge in [0.15, 0.2) is 0 Å². The van der Waals surface area contributed by atoms with Crippen molar-refractivity contribution in [1.82, 2.24) is 19.8 Å². The Balaban J connectivity index is 1.54. The first-order valence-corrected chi connectivity index (χ1v) is 10.1. The average Bonchev–Trinajstić information content (AvgIpc) is 3.47. The molecule has 6 nitrogen and oxygen atoms in total. The summed E-state index contributed by atoms with van der Waals surface area (Å²) >= 11 is 0. The van der Waals surface area contributed by atoms with Crippen LogP contribution < -0.4 is 10.1 Å². The van der Waals surface area contributed by atoms with Gasteiger partial charge >= 0.3 is 0 Å². The third-order valence-corrected chi connectivity index (χ3v) is 5.51. The second kappa shape index (κ2) is 9.09. The van der Waals surface area contributed by atoms with Crippen LogP contribution in [0.2, 0.25) is 0 Å². The Morgan fingerprint density at radius 3 is 2.63 bits per heavy atom. The summed E-state index contributed by atoms with van der Waals surface area (Å²) in [4.78, 5) is 19.5. The monoisotopic (exact) mass is 408 g/mol. The van der Waals surface area contributed by atoms with E-state index < -0.39 is 0 Å². The van der Waals surface area contributed by atoms with Gasteiger partial charge in [0, 0.05) is 17.8 Å². The molecule has 1 fully saturated rings. The number of benzene rings is 2. The van der Waals surface area contributed by atoms with Crippen LogP contribution in [0.3, 0.4) is 0 Å². The van der Waals surface area contributed by atoms with E-state index in [1.807, 2.05) is 18.2 Å². The van der Waals surface area contributed by atoms with Crippen LogP contribution in [0.15, 0.2) is 61.1 Å². The average molecular weight is 408 g/mol. The van der Waals surface area contributed by atoms with Gasteiger partial charge in [-0.25, -0.2) is 9.37 Å². The Labute approximate surface area is 175 Å². The standard InChI is InChI=1S/C23H25FN4O2/c1-30-22-7-3-2-6-19(22)20(27-12-4-5-13-27)15-26-23(29)21-14-25-16-28(21)18-10-8-17(24)9-11-18/h2-3,6-11,14,16,20H,4-5,12-13,15H2,1H3,(H,26,29). The molecule has 1 saturated heterocycles. The van der Waals surface area contributed by atoms with Gasteiger partial charge in [0.2, 0.25) is 0 Å². The zero-order valence-corrected chi connectivity index (χ0v) is 16.9. The number of likely N-dealkylation sites (tertiary alicyclic amines) is 1. The number of rotatable bonds is 7. The highest BCUT2D eigenvalue weighted by molar-refractivity contribution is 5.93. The van der Waals surface area contributed by atoms with Crippen molar-refractivity contribution in [3.8, 4) is 11.4 Å². The number of imidazole rings is 1. The zero-order chi connectivity index (χ0) is 20.9. The van der Waals surface area contributed by atoms with Crippen molar-refractivity contribution in [3.05, 3.63) is 78.1 Å². The molecular weight excluding hydrogens is 383 g/mol. The SMILES string of the molecule is COc1ccccc1C(CNC(=O)c1cncn1-c1ccc(F)cc1)N1CCCC1. The third-order valence-electron chi connectivity index (χ3n) is 5.51. The summed E-state index contributed by atoms with van der Waals surface area (Å²) in [5, 5.41) is 3.06. The topological polar surface area (TPSA) is 59.4 Å². The Morgan fingerprint density at radius 2 is 1.90 bits per heavy atom. The summed E-state index contributed by atoms with van der Waals surface area (Å²) in [6.45, 7) is 2.44. The smallest absolute Gasteiger partial charge is 0.269 e. The molecule has 1 amide bonds. The van der Waals surface area contributed by atoms with Crippen molar-refractivity contribution in [1.29, 1.82) is 0 Å². The van der Waals surface area contributed by atoms with Crippen LogP contribution in [-0.2, 0) is 0 Å². The molecule has 4 rings (SSSR count). The van der Waals surface area contributed by atoms with Crippen molar-refractivity contribution in [2.45, 2.75) is 18.9 Å². The maximum absolute atomic E-state index is 13.2. The van der Waals surface area contributed by atoms with Crippen molar-refractivity contribution >= 4 is 5.91 Å². The van der Waals surface area contributed by atoms with Gasteiger partial charge < -0.3 is 10.1 Å². The molecule has 7 heteroatoms. The Hall–Kier alpha value is -3.19. The minimum absolute atomic E-state index is 0.0230. The quantitative estimate of drug-likeness (QED) is 0.649. The molecule has 0 spiro atoms. The molecule has 30 heavy (non-hydrogen) atoms. The van der Waals surface area contributed by atoms with Gasteiger partial charge in [0.05, 0.1) is 25.7 Å². The van der Waals surface area contributed by atoms with Crippen LogP contribution in [-0.4, -0.2) is 47.1 Å². The van der Waals surface area contributed by atoms with E-state index in [4.69, 9.17) is 4.74 Å². The van der Waals surface area contributed by atoms with Crippen LogP contribution in [0, 0.1) is 5.82 Å². The molecule has 0 radical (unpaired) electrons. The lowest BCUT2D eigenvalue weighted by Crippen LogP contribution is -2.37. The first-order valence-electron chi connectivity index (χ1n) is 10.1. The fourth-order valence-electron chi connectivity index (χ4n) is 3.98. The maximum atomic E-state index is 13.2. The molecule has 1 atom stereocenters. The number of carbonyl (C=O) groups excluding carboxylic acids is 1. The third kappa shape index (κ3) is 4.21. The second-order valence-electron chi connectivity index (χ2n) is 7.34. The predicted octanol–water partition coefficient (Wildman–Crippen LogP) is 3.59. The lowest BCUT2D eigenvalue weighted by Gasteiger charge is -2.29. The molecule has 2 heterocycles. The molecule has 1 unspecified atom stereocenters. The largest absolute Gasteiger partial charge is 0.496 e. The van der Waals surface area contributed by atoms with E-state index in [2.05, 4.69) is 21.3 Å². The molecule has 3 aromatic rings. The molecule has 0 aliphatic carbocycles. The minimum Gasteiger partial charge on any atom is -0.496 e. The van der Waals surface area contributed by atoms with Crippen molar-refractivity contribution in [2.75, 3.05) is 26.7 Å². The number of para-hydroxylation sites is 1. The highest BCUT2D eigenvalue weighted by Gasteiger charge is 2.27. The summed E-state index contributed by atoms with van der Waals surface area (Å²) in [5.41, 5.74) is 2.15. The number of hydrogen-bond acceptors (Lipinski definition) is 4. The Bertz CT molecular complexity index is 996. The van der Waals surface area contributed by atoms with E-state index >= 15 is 0 Å². The van der Waals surface area contributed by atoms with E-state index in [9.17, 15) is 9.18 Å². The molecule has 1 aromatic heterocycles. The first-order chi connectivity index (χ1) is 14.7. The maximum Gasteiger partial charge on any atom is 0.269 e. The van der Waals surface area contributed by atoms with Crippen LogP contribution in [0.1, 0.15) is 34.9 Å². The van der Waals surface area contributed by atoms with Crippen molar-refractivity contribution in [3.63, 3.8) is 0 Å². The van der Waals surface area contributed by atoms with Crippen molar-refractivity contribution < 1.29 is 13.9 Å². The number of carbonyl (C=O) groups is 1. The van der Waals surface area contributed by atoms with Gasteiger partial charge in [0.25, 0.3) is 5.91 Å². The number of methoxy groups -OCH3 is 1. The van der Waals surface area contributed by atoms with E-state index in [1.165, 1.54) is 18.3 Å². The highest BCUT2D eigenvalue weighted by Crippen LogP contribution is 2.31. The lowest BCUT2D eigenvalue weighted by atomic mass is 10.0. The fourth-order valence-corrected chi connectivity index (χ4v) is 3.98. The van der Waals surface area contributed by atoms with E-state index in [-0.39, 0.29) is 17.8 Å². The molecule has 0 saturated carbocycles. The van der Waals surface area contributed by atoms with Gasteiger partial charge in [0.1, 0.15) is 17.3 Å². The van der Waals surface area contributed by atoms with Crippen LogP contribution in [0.25, 0.3) is 5.69 Å². The van der Waals surface area contributed by atoms with Crippen LogP contribution in [0.5, 0.6) is 5.75 Å². The summed E-state index contributed by atoms with van der Waals surface area (Å²) < 4.78 is 20.5. The van der Waals surface area contributed by atoms with Gasteiger partial charge in [-0.1, -0.05) is 18.2 Å². The number of aromatic nitrogens is 2. The molecular formula is C23H25FN4O2. The number of hydrogen-bond donors (Lipinski definition) is 1. The summed E-state index contributed by atoms with van der Waals surface area (Å²) in [6.07, 6.45) is 5.38. The molecule has 2 aromatic carbocycles. The van der Waals surface area contributed by atoms with Crippen molar-refractivity contribution in [2.24, 2.45) is 0 Å². The fraction of sp³-hybridized carbons (Fsp3) is 0.304. The van der Waals surface area contributed by atoms with E-state index in [0.717, 1.165) is 37.2 Å². The number of halogens is 1. The number of amides is 1. The molecule has 1 aliphatic rings. The lowest BCUT2D eigenvalue weighted by molar-refractivity contribution is 0.0930. The second-order valence-corrected chi connectivity index (χ2v) is 7.34. The Morgan fingerprint density at radius 1 is 1.17 bits per heavy atom.